The van der Waals surface area contributed by atoms with Gasteiger partial charge in [0.1, 0.15) is 0 Å². The van der Waals surface area contributed by atoms with E-state index in [1.165, 1.54) is 12.1 Å². The van der Waals surface area contributed by atoms with Gasteiger partial charge in [-0.3, -0.25) is 4.79 Å². The van der Waals surface area contributed by atoms with Crippen LogP contribution >= 0.6 is 11.6 Å². The highest BCUT2D eigenvalue weighted by atomic mass is 35.5. The number of anilines is 1. The Labute approximate surface area is 156 Å². The van der Waals surface area contributed by atoms with E-state index in [4.69, 9.17) is 21.4 Å². The molecular formula is C20H20ClNO4. The van der Waals surface area contributed by atoms with Crippen molar-refractivity contribution in [3.8, 4) is 0 Å². The maximum absolute atomic E-state index is 13.2. The standard InChI is InChI=1S/C20H20ClNO4/c1-13-2-4-14(5-3-13)20(8-10-26-11-9-20)19(25)22-15-6-7-16(18(23)24)17(21)12-15/h2-7,12H,8-11H2,1H3,(H,22,25)(H,23,24). The van der Waals surface area contributed by atoms with Crippen molar-refractivity contribution in [3.05, 3.63) is 64.2 Å². The van der Waals surface area contributed by atoms with Gasteiger partial charge in [0, 0.05) is 18.9 Å². The van der Waals surface area contributed by atoms with Crippen molar-refractivity contribution in [3.63, 3.8) is 0 Å². The van der Waals surface area contributed by atoms with Crippen LogP contribution in [0, 0.1) is 6.92 Å². The maximum Gasteiger partial charge on any atom is 0.337 e. The van der Waals surface area contributed by atoms with Gasteiger partial charge in [0.25, 0.3) is 0 Å². The third-order valence-corrected chi connectivity index (χ3v) is 5.16. The highest BCUT2D eigenvalue weighted by Gasteiger charge is 2.41. The molecule has 0 saturated carbocycles. The number of carboxylic acid groups (broad SMARTS) is 1. The molecule has 1 aliphatic rings. The predicted molar refractivity (Wildman–Crippen MR) is 100.0 cm³/mol. The molecule has 1 heterocycles. The van der Waals surface area contributed by atoms with Gasteiger partial charge in [-0.1, -0.05) is 41.4 Å². The highest BCUT2D eigenvalue weighted by Crippen LogP contribution is 2.36. The van der Waals surface area contributed by atoms with Crippen LogP contribution in [0.1, 0.15) is 34.3 Å². The van der Waals surface area contributed by atoms with Crippen LogP contribution in [0.15, 0.2) is 42.5 Å². The molecule has 1 fully saturated rings. The quantitative estimate of drug-likeness (QED) is 0.848. The number of benzene rings is 2. The molecule has 1 aliphatic heterocycles. The predicted octanol–water partition coefficient (Wildman–Crippen LogP) is 4.03. The number of carbonyl (C=O) groups excluding carboxylic acids is 1. The molecule has 2 aromatic rings. The second-order valence-corrected chi connectivity index (χ2v) is 6.92. The molecule has 6 heteroatoms. The monoisotopic (exact) mass is 373 g/mol. The zero-order chi connectivity index (χ0) is 18.7. The minimum absolute atomic E-state index is 0.00369. The number of aryl methyl sites for hydroxylation is 1. The normalized spacial score (nSPS) is 16.1. The van der Waals surface area contributed by atoms with E-state index >= 15 is 0 Å². The first kappa shape index (κ1) is 18.4. The Morgan fingerprint density at radius 1 is 1.12 bits per heavy atom. The summed E-state index contributed by atoms with van der Waals surface area (Å²) >= 11 is 6.01. The SMILES string of the molecule is Cc1ccc(C2(C(=O)Nc3ccc(C(=O)O)c(Cl)c3)CCOCC2)cc1. The second-order valence-electron chi connectivity index (χ2n) is 6.51. The maximum atomic E-state index is 13.2. The number of amides is 1. The fourth-order valence-electron chi connectivity index (χ4n) is 3.26. The Morgan fingerprint density at radius 3 is 2.35 bits per heavy atom. The number of aromatic carboxylic acids is 1. The summed E-state index contributed by atoms with van der Waals surface area (Å²) in [6.45, 7) is 3.03. The van der Waals surface area contributed by atoms with E-state index in [1.807, 2.05) is 31.2 Å². The molecule has 0 spiro atoms. The summed E-state index contributed by atoms with van der Waals surface area (Å²) in [5.41, 5.74) is 1.89. The van der Waals surface area contributed by atoms with Gasteiger partial charge < -0.3 is 15.2 Å². The molecule has 0 unspecified atom stereocenters. The van der Waals surface area contributed by atoms with Crippen molar-refractivity contribution in [2.75, 3.05) is 18.5 Å². The van der Waals surface area contributed by atoms with Crippen LogP contribution in [0.25, 0.3) is 0 Å². The van der Waals surface area contributed by atoms with Crippen molar-refractivity contribution in [1.82, 2.24) is 0 Å². The number of carbonyl (C=O) groups is 2. The summed E-state index contributed by atoms with van der Waals surface area (Å²) in [4.78, 5) is 24.3. The van der Waals surface area contributed by atoms with Crippen LogP contribution < -0.4 is 5.32 Å². The number of carboxylic acids is 1. The molecule has 0 radical (unpaired) electrons. The molecule has 2 N–H and O–H groups in total. The first-order valence-corrected chi connectivity index (χ1v) is 8.79. The van der Waals surface area contributed by atoms with Crippen LogP contribution in [-0.2, 0) is 14.9 Å². The summed E-state index contributed by atoms with van der Waals surface area (Å²) in [5.74, 6) is -1.24. The van der Waals surface area contributed by atoms with Crippen molar-refractivity contribution in [2.24, 2.45) is 0 Å². The van der Waals surface area contributed by atoms with Crippen LogP contribution in [0.5, 0.6) is 0 Å². The average Bonchev–Trinajstić information content (AvgIpc) is 2.62. The lowest BCUT2D eigenvalue weighted by atomic mass is 9.73. The van der Waals surface area contributed by atoms with E-state index in [2.05, 4.69) is 5.32 Å². The number of nitrogens with one attached hydrogen (secondary N) is 1. The minimum Gasteiger partial charge on any atom is -0.478 e. The van der Waals surface area contributed by atoms with Crippen molar-refractivity contribution < 1.29 is 19.4 Å². The van der Waals surface area contributed by atoms with Gasteiger partial charge in [-0.05, 0) is 43.5 Å². The van der Waals surface area contributed by atoms with Gasteiger partial charge in [0.05, 0.1) is 16.0 Å². The second kappa shape index (κ2) is 7.48. The number of rotatable bonds is 4. The topological polar surface area (TPSA) is 75.6 Å². The van der Waals surface area contributed by atoms with Crippen LogP contribution in [0.4, 0.5) is 5.69 Å². The number of hydrogen-bond acceptors (Lipinski definition) is 3. The Morgan fingerprint density at radius 2 is 1.77 bits per heavy atom. The fraction of sp³-hybridized carbons (Fsp3) is 0.300. The molecular weight excluding hydrogens is 354 g/mol. The lowest BCUT2D eigenvalue weighted by Gasteiger charge is -2.36. The Kier molecular flexibility index (Phi) is 5.30. The molecule has 1 amide bonds. The third kappa shape index (κ3) is 3.59. The van der Waals surface area contributed by atoms with Crippen LogP contribution in [0.2, 0.25) is 5.02 Å². The molecule has 5 nitrogen and oxygen atoms in total. The Balaban J connectivity index is 1.90. The molecule has 0 bridgehead atoms. The van der Waals surface area contributed by atoms with Crippen LogP contribution in [0.3, 0.4) is 0 Å². The zero-order valence-electron chi connectivity index (χ0n) is 14.4. The lowest BCUT2D eigenvalue weighted by molar-refractivity contribution is -0.125. The lowest BCUT2D eigenvalue weighted by Crippen LogP contribution is -2.44. The van der Waals surface area contributed by atoms with Gasteiger partial charge >= 0.3 is 5.97 Å². The summed E-state index contributed by atoms with van der Waals surface area (Å²) < 4.78 is 5.47. The molecule has 0 aromatic heterocycles. The van der Waals surface area contributed by atoms with Gasteiger partial charge in [0.2, 0.25) is 5.91 Å². The molecule has 26 heavy (non-hydrogen) atoms. The Bertz CT molecular complexity index is 826. The number of hydrogen-bond donors (Lipinski definition) is 2. The molecule has 0 aliphatic carbocycles. The molecule has 2 aromatic carbocycles. The fourth-order valence-corrected chi connectivity index (χ4v) is 3.52. The van der Waals surface area contributed by atoms with E-state index in [-0.39, 0.29) is 16.5 Å². The summed E-state index contributed by atoms with van der Waals surface area (Å²) in [6, 6.07) is 12.4. The van der Waals surface area contributed by atoms with Crippen molar-refractivity contribution >= 4 is 29.2 Å². The zero-order valence-corrected chi connectivity index (χ0v) is 15.2. The van der Waals surface area contributed by atoms with Gasteiger partial charge in [-0.2, -0.15) is 0 Å². The number of ether oxygens (including phenoxy) is 1. The number of halogens is 1. The summed E-state index contributed by atoms with van der Waals surface area (Å²) in [5, 5.41) is 12.1. The summed E-state index contributed by atoms with van der Waals surface area (Å²) in [6.07, 6.45) is 1.17. The highest BCUT2D eigenvalue weighted by molar-refractivity contribution is 6.33. The van der Waals surface area contributed by atoms with Crippen LogP contribution in [-0.4, -0.2) is 30.2 Å². The summed E-state index contributed by atoms with van der Waals surface area (Å²) in [7, 11) is 0. The molecule has 0 atom stereocenters. The van der Waals surface area contributed by atoms with E-state index in [0.717, 1.165) is 11.1 Å². The molecule has 1 saturated heterocycles. The molecule has 136 valence electrons. The first-order chi connectivity index (χ1) is 12.4. The van der Waals surface area contributed by atoms with Gasteiger partial charge in [-0.25, -0.2) is 4.79 Å². The average molecular weight is 374 g/mol. The Hall–Kier alpha value is -2.37. The first-order valence-electron chi connectivity index (χ1n) is 8.41. The van der Waals surface area contributed by atoms with E-state index < -0.39 is 11.4 Å². The van der Waals surface area contributed by atoms with Gasteiger partial charge in [-0.15, -0.1) is 0 Å². The van der Waals surface area contributed by atoms with E-state index in [0.29, 0.717) is 31.7 Å². The minimum atomic E-state index is -1.10. The van der Waals surface area contributed by atoms with Crippen molar-refractivity contribution in [2.45, 2.75) is 25.2 Å². The van der Waals surface area contributed by atoms with E-state index in [9.17, 15) is 9.59 Å². The van der Waals surface area contributed by atoms with E-state index in [1.54, 1.807) is 6.07 Å². The third-order valence-electron chi connectivity index (χ3n) is 4.84. The smallest absolute Gasteiger partial charge is 0.337 e. The van der Waals surface area contributed by atoms with Gasteiger partial charge in [0.15, 0.2) is 0 Å². The molecule has 3 rings (SSSR count). The largest absolute Gasteiger partial charge is 0.478 e. The van der Waals surface area contributed by atoms with Crippen molar-refractivity contribution in [1.29, 1.82) is 0 Å².